The molecule has 42 heavy (non-hydrogen) atoms. The van der Waals surface area contributed by atoms with E-state index in [0.29, 0.717) is 18.8 Å². The third kappa shape index (κ3) is 4.53. The summed E-state index contributed by atoms with van der Waals surface area (Å²) in [5, 5.41) is 10.5. The minimum atomic E-state index is -1.79. The fourth-order valence-electron chi connectivity index (χ4n) is 5.94. The van der Waals surface area contributed by atoms with Crippen LogP contribution in [-0.4, -0.2) is 61.5 Å². The summed E-state index contributed by atoms with van der Waals surface area (Å²) in [4.78, 5) is 68.7. The van der Waals surface area contributed by atoms with Crippen LogP contribution in [0, 0.1) is 12.8 Å². The standard InChI is InChI=1S/C31H28N6O5/c1-20-6-5-14-32-25(20)18-35-15-13-31(24(17-35)28(39)40)29(41)36(30(42)37(31)26-16-27(38)34-19-33-26)23-11-9-22(10-12-23)21-7-3-2-4-8-21/h2-12,14,16,19,24H,13,15,17-18H2,1H3,(H,39,40)(H,33,34,38). The SMILES string of the molecule is Cc1cccnc1CN1CCC2(C(=O)N(c3ccc(-c4ccccc4)cc3)C(=O)N2c2cc(=O)[nH]cn2)C(C(=O)O)C1. The van der Waals surface area contributed by atoms with Gasteiger partial charge in [0.1, 0.15) is 17.3 Å². The number of pyridine rings is 1. The summed E-state index contributed by atoms with van der Waals surface area (Å²) in [7, 11) is 0. The number of H-pyrrole nitrogens is 1. The average Bonchev–Trinajstić information content (AvgIpc) is 3.21. The van der Waals surface area contributed by atoms with Crippen molar-refractivity contribution < 1.29 is 19.5 Å². The fourth-order valence-corrected chi connectivity index (χ4v) is 5.94. The summed E-state index contributed by atoms with van der Waals surface area (Å²) < 4.78 is 0. The Morgan fingerprint density at radius 3 is 2.43 bits per heavy atom. The highest BCUT2D eigenvalue weighted by molar-refractivity contribution is 6.31. The highest BCUT2D eigenvalue weighted by Gasteiger charge is 2.66. The monoisotopic (exact) mass is 564 g/mol. The topological polar surface area (TPSA) is 140 Å². The number of aromatic nitrogens is 3. The minimum absolute atomic E-state index is 0.00908. The number of likely N-dealkylation sites (tertiary alicyclic amines) is 1. The van der Waals surface area contributed by atoms with E-state index in [4.69, 9.17) is 0 Å². The third-order valence-electron chi connectivity index (χ3n) is 8.10. The molecule has 0 bridgehead atoms. The van der Waals surface area contributed by atoms with E-state index in [-0.39, 0.29) is 18.8 Å². The number of nitrogens with zero attached hydrogens (tertiary/aromatic N) is 5. The van der Waals surface area contributed by atoms with Crippen LogP contribution in [0.25, 0.3) is 11.1 Å². The van der Waals surface area contributed by atoms with Crippen LogP contribution in [0.3, 0.4) is 0 Å². The predicted octanol–water partition coefficient (Wildman–Crippen LogP) is 3.46. The smallest absolute Gasteiger partial charge is 0.338 e. The summed E-state index contributed by atoms with van der Waals surface area (Å²) in [5.74, 6) is -3.28. The zero-order valence-corrected chi connectivity index (χ0v) is 22.8. The van der Waals surface area contributed by atoms with E-state index < -0.39 is 34.9 Å². The van der Waals surface area contributed by atoms with Crippen LogP contribution in [0.4, 0.5) is 16.3 Å². The van der Waals surface area contributed by atoms with Gasteiger partial charge in [-0.2, -0.15) is 0 Å². The Balaban J connectivity index is 1.41. The van der Waals surface area contributed by atoms with Crippen molar-refractivity contribution >= 4 is 29.4 Å². The van der Waals surface area contributed by atoms with Crippen molar-refractivity contribution in [1.82, 2.24) is 19.9 Å². The number of piperidine rings is 1. The molecule has 6 rings (SSSR count). The molecule has 4 heterocycles. The van der Waals surface area contributed by atoms with Crippen LogP contribution in [0.2, 0.25) is 0 Å². The molecule has 2 aromatic carbocycles. The number of hydrogen-bond acceptors (Lipinski definition) is 7. The molecule has 2 fully saturated rings. The van der Waals surface area contributed by atoms with Crippen LogP contribution in [0.5, 0.6) is 0 Å². The van der Waals surface area contributed by atoms with Gasteiger partial charge in [-0.25, -0.2) is 14.7 Å². The lowest BCUT2D eigenvalue weighted by Gasteiger charge is -2.45. The van der Waals surface area contributed by atoms with E-state index >= 15 is 0 Å². The molecule has 11 nitrogen and oxygen atoms in total. The van der Waals surface area contributed by atoms with E-state index in [1.165, 1.54) is 0 Å². The molecule has 2 unspecified atom stereocenters. The Kier molecular flexibility index (Phi) is 6.87. The van der Waals surface area contributed by atoms with E-state index in [2.05, 4.69) is 15.0 Å². The molecule has 3 amide bonds. The molecule has 1 spiro atoms. The van der Waals surface area contributed by atoms with Gasteiger partial charge >= 0.3 is 12.0 Å². The van der Waals surface area contributed by atoms with Gasteiger partial charge in [0.15, 0.2) is 0 Å². The summed E-state index contributed by atoms with van der Waals surface area (Å²) >= 11 is 0. The van der Waals surface area contributed by atoms with Gasteiger partial charge in [0.05, 0.1) is 17.7 Å². The Hall–Kier alpha value is -5.16. The number of amides is 3. The van der Waals surface area contributed by atoms with Gasteiger partial charge in [-0.1, -0.05) is 48.5 Å². The number of carbonyl (C=O) groups is 3. The first-order valence-corrected chi connectivity index (χ1v) is 13.5. The highest BCUT2D eigenvalue weighted by Crippen LogP contribution is 2.45. The fraction of sp³-hybridized carbons (Fsp3) is 0.226. The zero-order chi connectivity index (χ0) is 29.4. The number of benzene rings is 2. The van der Waals surface area contributed by atoms with Crippen LogP contribution in [0.15, 0.2) is 90.1 Å². The van der Waals surface area contributed by atoms with Crippen molar-refractivity contribution in [3.05, 3.63) is 107 Å². The Morgan fingerprint density at radius 2 is 1.74 bits per heavy atom. The number of rotatable bonds is 6. The molecular formula is C31H28N6O5. The van der Waals surface area contributed by atoms with Crippen molar-refractivity contribution in [2.45, 2.75) is 25.4 Å². The van der Waals surface area contributed by atoms with Gasteiger partial charge in [-0.3, -0.25) is 29.2 Å². The lowest BCUT2D eigenvalue weighted by molar-refractivity contribution is -0.150. The lowest BCUT2D eigenvalue weighted by Crippen LogP contribution is -2.65. The summed E-state index contributed by atoms with van der Waals surface area (Å²) in [6, 6.07) is 20.7. The lowest BCUT2D eigenvalue weighted by atomic mass is 9.76. The molecular weight excluding hydrogens is 536 g/mol. The van der Waals surface area contributed by atoms with Crippen molar-refractivity contribution in [2.24, 2.45) is 5.92 Å². The third-order valence-corrected chi connectivity index (χ3v) is 8.10. The van der Waals surface area contributed by atoms with Crippen molar-refractivity contribution in [2.75, 3.05) is 22.9 Å². The van der Waals surface area contributed by atoms with Crippen LogP contribution >= 0.6 is 0 Å². The number of carboxylic acid groups (broad SMARTS) is 1. The van der Waals surface area contributed by atoms with Crippen molar-refractivity contribution in [3.63, 3.8) is 0 Å². The van der Waals surface area contributed by atoms with Gasteiger partial charge in [0.2, 0.25) is 0 Å². The molecule has 2 atom stereocenters. The van der Waals surface area contributed by atoms with E-state index in [1.807, 2.05) is 54.3 Å². The second kappa shape index (κ2) is 10.7. The number of hydrogen-bond donors (Lipinski definition) is 2. The first kappa shape index (κ1) is 27.0. The normalized spacial score (nSPS) is 20.8. The Morgan fingerprint density at radius 1 is 1.00 bits per heavy atom. The number of urea groups is 1. The van der Waals surface area contributed by atoms with Gasteiger partial charge in [-0.05, 0) is 48.2 Å². The number of carbonyl (C=O) groups excluding carboxylic acids is 2. The highest BCUT2D eigenvalue weighted by atomic mass is 16.4. The predicted molar refractivity (Wildman–Crippen MR) is 155 cm³/mol. The molecule has 2 N–H and O–H groups in total. The summed E-state index contributed by atoms with van der Waals surface area (Å²) in [6.45, 7) is 2.63. The quantitative estimate of drug-likeness (QED) is 0.340. The number of carboxylic acids is 1. The molecule has 2 aromatic heterocycles. The number of aryl methyl sites for hydroxylation is 1. The molecule has 212 valence electrons. The number of imide groups is 1. The van der Waals surface area contributed by atoms with Crippen molar-refractivity contribution in [3.8, 4) is 11.1 Å². The molecule has 2 aliphatic heterocycles. The maximum Gasteiger partial charge on any atom is 0.338 e. The second-order valence-corrected chi connectivity index (χ2v) is 10.5. The maximum atomic E-state index is 14.4. The van der Waals surface area contributed by atoms with Crippen LogP contribution < -0.4 is 15.4 Å². The van der Waals surface area contributed by atoms with E-state index in [9.17, 15) is 24.3 Å². The molecule has 0 radical (unpaired) electrons. The first-order chi connectivity index (χ1) is 20.3. The second-order valence-electron chi connectivity index (χ2n) is 10.5. The first-order valence-electron chi connectivity index (χ1n) is 13.5. The molecule has 4 aromatic rings. The zero-order valence-electron chi connectivity index (χ0n) is 22.8. The summed E-state index contributed by atoms with van der Waals surface area (Å²) in [6.07, 6.45) is 2.84. The molecule has 0 aliphatic carbocycles. The van der Waals surface area contributed by atoms with E-state index in [1.54, 1.807) is 30.5 Å². The molecule has 11 heteroatoms. The Bertz CT molecular complexity index is 1720. The largest absolute Gasteiger partial charge is 0.481 e. The van der Waals surface area contributed by atoms with Crippen LogP contribution in [-0.2, 0) is 16.1 Å². The minimum Gasteiger partial charge on any atom is -0.481 e. The molecule has 2 saturated heterocycles. The van der Waals surface area contributed by atoms with Gasteiger partial charge in [0.25, 0.3) is 11.5 Å². The molecule has 0 saturated carbocycles. The molecule has 2 aliphatic rings. The summed E-state index contributed by atoms with van der Waals surface area (Å²) in [5.41, 5.74) is 1.61. The van der Waals surface area contributed by atoms with Gasteiger partial charge < -0.3 is 10.1 Å². The Labute approximate surface area is 241 Å². The van der Waals surface area contributed by atoms with Crippen molar-refractivity contribution in [1.29, 1.82) is 0 Å². The van der Waals surface area contributed by atoms with E-state index in [0.717, 1.165) is 44.6 Å². The van der Waals surface area contributed by atoms with Gasteiger partial charge in [0, 0.05) is 31.9 Å². The number of anilines is 2. The number of aromatic amines is 1. The number of nitrogens with one attached hydrogen (secondary N) is 1. The maximum absolute atomic E-state index is 14.4. The van der Waals surface area contributed by atoms with Crippen LogP contribution in [0.1, 0.15) is 17.7 Å². The average molecular weight is 565 g/mol. The van der Waals surface area contributed by atoms with Gasteiger partial charge in [-0.15, -0.1) is 0 Å². The number of aliphatic carboxylic acids is 1.